The Morgan fingerprint density at radius 2 is 1.73 bits per heavy atom. The third-order valence-electron chi connectivity index (χ3n) is 5.77. The molecule has 0 unspecified atom stereocenters. The molecular weight excluding hydrogens is 380 g/mol. The summed E-state index contributed by atoms with van der Waals surface area (Å²) >= 11 is 0. The zero-order chi connectivity index (χ0) is 21.3. The summed E-state index contributed by atoms with van der Waals surface area (Å²) in [6.07, 6.45) is 0. The first kappa shape index (κ1) is 19.7. The maximum absolute atomic E-state index is 13.0. The Morgan fingerprint density at radius 3 is 2.50 bits per heavy atom. The summed E-state index contributed by atoms with van der Waals surface area (Å²) in [5.41, 5.74) is 1.35. The molecule has 30 heavy (non-hydrogen) atoms. The fraction of sp³-hybridized carbons (Fsp3) is 0.261. The molecular formula is C23H24N4O3. The van der Waals surface area contributed by atoms with E-state index in [2.05, 4.69) is 10.6 Å². The van der Waals surface area contributed by atoms with E-state index < -0.39 is 5.54 Å². The molecule has 3 amide bonds. The Bertz CT molecular complexity index is 1120. The van der Waals surface area contributed by atoms with Crippen LogP contribution in [0.5, 0.6) is 0 Å². The number of amides is 3. The first-order chi connectivity index (χ1) is 14.4. The van der Waals surface area contributed by atoms with E-state index >= 15 is 0 Å². The first-order valence-electron chi connectivity index (χ1n) is 9.85. The van der Waals surface area contributed by atoms with Crippen molar-refractivity contribution in [2.45, 2.75) is 25.6 Å². The standard InChI is InChI=1S/C23H24N4O3/c1-23(22(30)25-14-20(28)24-13-16-8-4-3-5-9-16)15-27-18-11-7-6-10-17(18)12-19(27)21(29)26(23)2/h3-12H,13-15H2,1-2H3,(H,24,28)(H,25,30)/t23-/m0/s1. The van der Waals surface area contributed by atoms with Crippen LogP contribution in [0.2, 0.25) is 0 Å². The van der Waals surface area contributed by atoms with Crippen molar-refractivity contribution in [3.05, 3.63) is 71.9 Å². The van der Waals surface area contributed by atoms with Crippen molar-refractivity contribution in [3.63, 3.8) is 0 Å². The maximum atomic E-state index is 13.0. The molecule has 154 valence electrons. The second kappa shape index (κ2) is 7.67. The van der Waals surface area contributed by atoms with Crippen LogP contribution >= 0.6 is 0 Å². The molecule has 2 aromatic carbocycles. The second-order valence-corrected chi connectivity index (χ2v) is 7.76. The van der Waals surface area contributed by atoms with Gasteiger partial charge in [-0.1, -0.05) is 48.5 Å². The summed E-state index contributed by atoms with van der Waals surface area (Å²) < 4.78 is 1.88. The van der Waals surface area contributed by atoms with E-state index in [0.717, 1.165) is 16.5 Å². The van der Waals surface area contributed by atoms with E-state index in [1.807, 2.05) is 65.2 Å². The molecule has 3 aromatic rings. The van der Waals surface area contributed by atoms with E-state index in [1.54, 1.807) is 14.0 Å². The highest BCUT2D eigenvalue weighted by Crippen LogP contribution is 2.31. The molecule has 0 aliphatic carbocycles. The summed E-state index contributed by atoms with van der Waals surface area (Å²) in [5.74, 6) is -0.868. The minimum Gasteiger partial charge on any atom is -0.350 e. The summed E-state index contributed by atoms with van der Waals surface area (Å²) in [4.78, 5) is 39.6. The number of hydrogen-bond donors (Lipinski definition) is 2. The smallest absolute Gasteiger partial charge is 0.271 e. The van der Waals surface area contributed by atoms with Gasteiger partial charge in [-0.25, -0.2) is 0 Å². The van der Waals surface area contributed by atoms with Crippen LogP contribution in [0.3, 0.4) is 0 Å². The molecule has 1 aliphatic rings. The van der Waals surface area contributed by atoms with Gasteiger partial charge in [0.2, 0.25) is 11.8 Å². The van der Waals surface area contributed by atoms with E-state index in [4.69, 9.17) is 0 Å². The molecule has 7 heteroatoms. The fourth-order valence-corrected chi connectivity index (χ4v) is 3.80. The lowest BCUT2D eigenvalue weighted by atomic mass is 9.95. The highest BCUT2D eigenvalue weighted by molar-refractivity contribution is 6.03. The Morgan fingerprint density at radius 1 is 1.03 bits per heavy atom. The van der Waals surface area contributed by atoms with Gasteiger partial charge >= 0.3 is 0 Å². The molecule has 2 N–H and O–H groups in total. The average molecular weight is 404 g/mol. The molecule has 1 aromatic heterocycles. The lowest BCUT2D eigenvalue weighted by Crippen LogP contribution is -2.63. The number of fused-ring (bicyclic) bond motifs is 3. The van der Waals surface area contributed by atoms with Crippen molar-refractivity contribution in [3.8, 4) is 0 Å². The van der Waals surface area contributed by atoms with Gasteiger partial charge in [-0.2, -0.15) is 0 Å². The van der Waals surface area contributed by atoms with Crippen molar-refractivity contribution in [1.29, 1.82) is 0 Å². The predicted molar refractivity (Wildman–Crippen MR) is 114 cm³/mol. The number of hydrogen-bond acceptors (Lipinski definition) is 3. The van der Waals surface area contributed by atoms with Gasteiger partial charge in [0.25, 0.3) is 5.91 Å². The van der Waals surface area contributed by atoms with Crippen LogP contribution in [0.4, 0.5) is 0 Å². The molecule has 0 fully saturated rings. The normalized spacial score (nSPS) is 18.2. The fourth-order valence-electron chi connectivity index (χ4n) is 3.80. The van der Waals surface area contributed by atoms with Crippen molar-refractivity contribution in [1.82, 2.24) is 20.1 Å². The Hall–Kier alpha value is -3.61. The molecule has 0 radical (unpaired) electrons. The topological polar surface area (TPSA) is 83.4 Å². The summed E-state index contributed by atoms with van der Waals surface area (Å²) in [5, 5.41) is 6.44. The van der Waals surface area contributed by atoms with Crippen molar-refractivity contribution in [2.24, 2.45) is 0 Å². The highest BCUT2D eigenvalue weighted by atomic mass is 16.2. The van der Waals surface area contributed by atoms with Crippen LogP contribution in [0.25, 0.3) is 10.9 Å². The van der Waals surface area contributed by atoms with E-state index in [9.17, 15) is 14.4 Å². The zero-order valence-electron chi connectivity index (χ0n) is 17.0. The van der Waals surface area contributed by atoms with E-state index in [1.165, 1.54) is 4.90 Å². The van der Waals surface area contributed by atoms with Gasteiger partial charge in [0.05, 0.1) is 13.1 Å². The molecule has 0 bridgehead atoms. The maximum Gasteiger partial charge on any atom is 0.271 e. The van der Waals surface area contributed by atoms with Gasteiger partial charge in [-0.05, 0) is 24.6 Å². The van der Waals surface area contributed by atoms with Crippen LogP contribution in [-0.4, -0.2) is 46.3 Å². The van der Waals surface area contributed by atoms with Crippen LogP contribution in [-0.2, 0) is 22.7 Å². The number of nitrogens with zero attached hydrogens (tertiary/aromatic N) is 2. The lowest BCUT2D eigenvalue weighted by molar-refractivity contribution is -0.134. The van der Waals surface area contributed by atoms with Gasteiger partial charge in [-0.3, -0.25) is 14.4 Å². The van der Waals surface area contributed by atoms with Crippen molar-refractivity contribution in [2.75, 3.05) is 13.6 Å². The number of para-hydroxylation sites is 1. The van der Waals surface area contributed by atoms with Crippen LogP contribution < -0.4 is 10.6 Å². The number of nitrogens with one attached hydrogen (secondary N) is 2. The number of benzene rings is 2. The SMILES string of the molecule is CN1C(=O)c2cc3ccccc3n2C[C@@]1(C)C(=O)NCC(=O)NCc1ccccc1. The summed E-state index contributed by atoms with van der Waals surface area (Å²) in [7, 11) is 1.62. The lowest BCUT2D eigenvalue weighted by Gasteiger charge is -2.41. The van der Waals surface area contributed by atoms with Crippen LogP contribution in [0.15, 0.2) is 60.7 Å². The summed E-state index contributed by atoms with van der Waals surface area (Å²) in [6, 6.07) is 19.1. The van der Waals surface area contributed by atoms with Crippen molar-refractivity contribution < 1.29 is 14.4 Å². The quantitative estimate of drug-likeness (QED) is 0.682. The zero-order valence-corrected chi connectivity index (χ0v) is 17.0. The number of carbonyl (C=O) groups is 3. The van der Waals surface area contributed by atoms with Gasteiger partial charge in [0.1, 0.15) is 11.2 Å². The van der Waals surface area contributed by atoms with Crippen LogP contribution in [0.1, 0.15) is 23.0 Å². The van der Waals surface area contributed by atoms with Gasteiger partial charge in [-0.15, -0.1) is 0 Å². The molecule has 2 heterocycles. The second-order valence-electron chi connectivity index (χ2n) is 7.76. The summed E-state index contributed by atoms with van der Waals surface area (Å²) in [6.45, 7) is 2.28. The van der Waals surface area contributed by atoms with Crippen molar-refractivity contribution >= 4 is 28.6 Å². The number of likely N-dealkylation sites (N-methyl/N-ethyl adjacent to an activating group) is 1. The minimum atomic E-state index is -1.11. The largest absolute Gasteiger partial charge is 0.350 e. The Labute approximate surface area is 174 Å². The number of aromatic nitrogens is 1. The molecule has 0 saturated carbocycles. The van der Waals surface area contributed by atoms with Gasteiger partial charge < -0.3 is 20.1 Å². The first-order valence-corrected chi connectivity index (χ1v) is 9.85. The number of rotatable bonds is 5. The minimum absolute atomic E-state index is 0.150. The molecule has 7 nitrogen and oxygen atoms in total. The third-order valence-corrected chi connectivity index (χ3v) is 5.77. The predicted octanol–water partition coefficient (Wildman–Crippen LogP) is 1.92. The molecule has 1 aliphatic heterocycles. The molecule has 4 rings (SSSR count). The average Bonchev–Trinajstić information content (AvgIpc) is 3.13. The van der Waals surface area contributed by atoms with Gasteiger partial charge in [0.15, 0.2) is 0 Å². The number of carbonyl (C=O) groups excluding carboxylic acids is 3. The van der Waals surface area contributed by atoms with E-state index in [0.29, 0.717) is 18.8 Å². The Kier molecular flexibility index (Phi) is 5.03. The molecule has 0 spiro atoms. The third kappa shape index (κ3) is 3.43. The molecule has 0 saturated heterocycles. The Balaban J connectivity index is 1.45. The highest BCUT2D eigenvalue weighted by Gasteiger charge is 2.45. The van der Waals surface area contributed by atoms with Gasteiger partial charge in [0, 0.05) is 24.5 Å². The van der Waals surface area contributed by atoms with Crippen LogP contribution in [0, 0.1) is 0 Å². The monoisotopic (exact) mass is 404 g/mol. The molecule has 1 atom stereocenters. The van der Waals surface area contributed by atoms with E-state index in [-0.39, 0.29) is 24.3 Å².